The van der Waals surface area contributed by atoms with Gasteiger partial charge in [0.1, 0.15) is 5.82 Å². The first kappa shape index (κ1) is 17.6. The van der Waals surface area contributed by atoms with Crippen molar-refractivity contribution in [3.05, 3.63) is 45.7 Å². The summed E-state index contributed by atoms with van der Waals surface area (Å²) in [6.45, 7) is 2.52. The van der Waals surface area contributed by atoms with Crippen LogP contribution in [0.4, 0.5) is 4.39 Å². The fourth-order valence-corrected chi connectivity index (χ4v) is 2.61. The van der Waals surface area contributed by atoms with Gasteiger partial charge < -0.3 is 16.0 Å². The van der Waals surface area contributed by atoms with Gasteiger partial charge in [0.25, 0.3) is 5.91 Å². The second-order valence-electron chi connectivity index (χ2n) is 5.22. The number of hydrogen-bond acceptors (Lipinski definition) is 3. The Hall–Kier alpha value is -1.73. The van der Waals surface area contributed by atoms with Crippen LogP contribution in [0.2, 0.25) is 0 Å². The van der Waals surface area contributed by atoms with Crippen molar-refractivity contribution in [2.75, 3.05) is 26.2 Å². The van der Waals surface area contributed by atoms with Crippen molar-refractivity contribution in [1.82, 2.24) is 16.0 Å². The Balaban J connectivity index is 1.71. The van der Waals surface area contributed by atoms with E-state index in [9.17, 15) is 14.0 Å². The summed E-state index contributed by atoms with van der Waals surface area (Å²) >= 11 is 3.20. The lowest BCUT2D eigenvalue weighted by molar-refractivity contribution is -0.120. The fraction of sp³-hybridized carbons (Fsp3) is 0.375. The number of halogens is 2. The van der Waals surface area contributed by atoms with Crippen molar-refractivity contribution >= 4 is 27.7 Å². The molecule has 0 saturated heterocycles. The molecule has 1 aliphatic heterocycles. The van der Waals surface area contributed by atoms with Crippen LogP contribution in [0.25, 0.3) is 0 Å². The first-order chi connectivity index (χ1) is 11.1. The number of hydrogen-bond donors (Lipinski definition) is 3. The summed E-state index contributed by atoms with van der Waals surface area (Å²) in [4.78, 5) is 23.7. The molecule has 2 amide bonds. The van der Waals surface area contributed by atoms with E-state index < -0.39 is 11.7 Å². The smallest absolute Gasteiger partial charge is 0.252 e. The molecule has 0 unspecified atom stereocenters. The van der Waals surface area contributed by atoms with Crippen LogP contribution in [0.3, 0.4) is 0 Å². The second kappa shape index (κ2) is 8.79. The number of amides is 2. The van der Waals surface area contributed by atoms with Crippen molar-refractivity contribution in [1.29, 1.82) is 0 Å². The minimum absolute atomic E-state index is 0.122. The van der Waals surface area contributed by atoms with Crippen molar-refractivity contribution in [3.8, 4) is 0 Å². The molecule has 7 heteroatoms. The highest BCUT2D eigenvalue weighted by Gasteiger charge is 2.11. The number of rotatable bonds is 6. The molecule has 5 nitrogen and oxygen atoms in total. The summed E-state index contributed by atoms with van der Waals surface area (Å²) in [7, 11) is 0. The van der Waals surface area contributed by atoms with E-state index >= 15 is 0 Å². The monoisotopic (exact) mass is 383 g/mol. The molecule has 1 heterocycles. The van der Waals surface area contributed by atoms with Gasteiger partial charge in [-0.3, -0.25) is 9.59 Å². The number of nitrogens with one attached hydrogen (secondary N) is 3. The quantitative estimate of drug-likeness (QED) is 0.655. The normalized spacial score (nSPS) is 14.1. The van der Waals surface area contributed by atoms with Crippen molar-refractivity contribution in [2.24, 2.45) is 0 Å². The molecule has 0 radical (unpaired) electrons. The van der Waals surface area contributed by atoms with Crippen LogP contribution in [0, 0.1) is 5.82 Å². The maximum absolute atomic E-state index is 13.2. The molecule has 2 rings (SSSR count). The maximum Gasteiger partial charge on any atom is 0.252 e. The van der Waals surface area contributed by atoms with E-state index in [0.717, 1.165) is 25.6 Å². The summed E-state index contributed by atoms with van der Waals surface area (Å²) < 4.78 is 13.7. The summed E-state index contributed by atoms with van der Waals surface area (Å²) in [6.07, 6.45) is 3.20. The van der Waals surface area contributed by atoms with Crippen molar-refractivity contribution < 1.29 is 14.0 Å². The summed E-state index contributed by atoms with van der Waals surface area (Å²) in [5.74, 6) is -1.01. The molecule has 124 valence electrons. The highest BCUT2D eigenvalue weighted by molar-refractivity contribution is 9.10. The molecule has 1 aromatic rings. The Morgan fingerprint density at radius 3 is 2.87 bits per heavy atom. The van der Waals surface area contributed by atoms with Crippen LogP contribution >= 0.6 is 15.9 Å². The molecule has 0 spiro atoms. The zero-order valence-electron chi connectivity index (χ0n) is 12.6. The predicted octanol–water partition coefficient (Wildman–Crippen LogP) is 1.74. The van der Waals surface area contributed by atoms with Gasteiger partial charge in [-0.2, -0.15) is 0 Å². The molecular formula is C16H19BrFN3O2. The van der Waals surface area contributed by atoms with Crippen LogP contribution in [0.15, 0.2) is 34.3 Å². The molecule has 1 aliphatic rings. The lowest BCUT2D eigenvalue weighted by Crippen LogP contribution is -2.33. The van der Waals surface area contributed by atoms with Crippen molar-refractivity contribution in [3.63, 3.8) is 0 Å². The predicted molar refractivity (Wildman–Crippen MR) is 89.6 cm³/mol. The minimum atomic E-state index is -0.480. The zero-order chi connectivity index (χ0) is 16.7. The highest BCUT2D eigenvalue weighted by atomic mass is 79.9. The highest BCUT2D eigenvalue weighted by Crippen LogP contribution is 2.17. The van der Waals surface area contributed by atoms with E-state index in [0.29, 0.717) is 11.0 Å². The van der Waals surface area contributed by atoms with E-state index in [1.807, 2.05) is 0 Å². The largest absolute Gasteiger partial charge is 0.352 e. The third-order valence-electron chi connectivity index (χ3n) is 3.48. The second-order valence-corrected chi connectivity index (χ2v) is 6.08. The Labute approximate surface area is 142 Å². The van der Waals surface area contributed by atoms with Gasteiger partial charge in [-0.1, -0.05) is 11.6 Å². The molecule has 0 aromatic heterocycles. The first-order valence-electron chi connectivity index (χ1n) is 7.45. The minimum Gasteiger partial charge on any atom is -0.352 e. The van der Waals surface area contributed by atoms with E-state index in [-0.39, 0.29) is 24.4 Å². The fourth-order valence-electron chi connectivity index (χ4n) is 2.19. The molecular weight excluding hydrogens is 365 g/mol. The van der Waals surface area contributed by atoms with Crippen LogP contribution in [0.5, 0.6) is 0 Å². The molecule has 0 atom stereocenters. The van der Waals surface area contributed by atoms with Crippen LogP contribution in [-0.2, 0) is 4.79 Å². The third kappa shape index (κ3) is 5.76. The first-order valence-corrected chi connectivity index (χ1v) is 8.24. The Morgan fingerprint density at radius 1 is 1.30 bits per heavy atom. The zero-order valence-corrected chi connectivity index (χ0v) is 14.2. The van der Waals surface area contributed by atoms with Gasteiger partial charge >= 0.3 is 0 Å². The lowest BCUT2D eigenvalue weighted by atomic mass is 10.1. The van der Waals surface area contributed by atoms with Crippen LogP contribution < -0.4 is 16.0 Å². The Bertz CT molecular complexity index is 619. The average molecular weight is 384 g/mol. The van der Waals surface area contributed by atoms with Gasteiger partial charge in [-0.15, -0.1) is 0 Å². The molecule has 0 saturated carbocycles. The molecule has 0 bridgehead atoms. The van der Waals surface area contributed by atoms with Gasteiger partial charge in [-0.25, -0.2) is 4.39 Å². The summed E-state index contributed by atoms with van der Waals surface area (Å²) in [5.41, 5.74) is 1.43. The topological polar surface area (TPSA) is 70.2 Å². The number of carbonyl (C=O) groups is 2. The van der Waals surface area contributed by atoms with E-state index in [4.69, 9.17) is 0 Å². The molecule has 23 heavy (non-hydrogen) atoms. The molecule has 0 aliphatic carbocycles. The van der Waals surface area contributed by atoms with Crippen molar-refractivity contribution in [2.45, 2.75) is 12.8 Å². The van der Waals surface area contributed by atoms with E-state index in [1.165, 1.54) is 17.7 Å². The average Bonchev–Trinajstić information content (AvgIpc) is 2.56. The third-order valence-corrected chi connectivity index (χ3v) is 4.17. The standard InChI is InChI=1S/C16H19BrFN3O2/c17-14-2-1-12(18)9-13(14)16(23)20-8-5-15(22)21-10-11-3-6-19-7-4-11/h1-3,9,19H,4-8,10H2,(H,20,23)(H,21,22). The number of benzene rings is 1. The van der Waals surface area contributed by atoms with Gasteiger partial charge in [0.2, 0.25) is 5.91 Å². The number of carbonyl (C=O) groups excluding carboxylic acids is 2. The van der Waals surface area contributed by atoms with Crippen LogP contribution in [-0.4, -0.2) is 38.0 Å². The Morgan fingerprint density at radius 2 is 2.13 bits per heavy atom. The molecule has 0 fully saturated rings. The van der Waals surface area contributed by atoms with E-state index in [2.05, 4.69) is 38.0 Å². The van der Waals surface area contributed by atoms with Crippen LogP contribution in [0.1, 0.15) is 23.2 Å². The molecule has 3 N–H and O–H groups in total. The lowest BCUT2D eigenvalue weighted by Gasteiger charge is -2.14. The van der Waals surface area contributed by atoms with Gasteiger partial charge in [0, 0.05) is 30.5 Å². The van der Waals surface area contributed by atoms with E-state index in [1.54, 1.807) is 0 Å². The molecule has 1 aromatic carbocycles. The van der Waals surface area contributed by atoms with Gasteiger partial charge in [0.05, 0.1) is 5.56 Å². The van der Waals surface area contributed by atoms with Gasteiger partial charge in [0.15, 0.2) is 0 Å². The summed E-state index contributed by atoms with van der Waals surface area (Å²) in [5, 5.41) is 8.65. The SMILES string of the molecule is O=C(CCNC(=O)c1cc(F)ccc1Br)NCC1=CCNCC1. The summed E-state index contributed by atoms with van der Waals surface area (Å²) in [6, 6.07) is 3.90. The maximum atomic E-state index is 13.2. The van der Waals surface area contributed by atoms with Gasteiger partial charge in [-0.05, 0) is 47.1 Å². The Kier molecular flexibility index (Phi) is 6.73.